The number of hydrogen-bond donors (Lipinski definition) is 1. The summed E-state index contributed by atoms with van der Waals surface area (Å²) in [6.45, 7) is 7.59. The van der Waals surface area contributed by atoms with Gasteiger partial charge in [-0.05, 0) is 29.5 Å². The van der Waals surface area contributed by atoms with Crippen molar-refractivity contribution >= 4 is 17.5 Å². The molecule has 5 rings (SSSR count). The van der Waals surface area contributed by atoms with Gasteiger partial charge >= 0.3 is 0 Å². The largest absolute Gasteiger partial charge is 0.491 e. The summed E-state index contributed by atoms with van der Waals surface area (Å²) >= 11 is 0. The number of benzene rings is 2. The number of para-hydroxylation sites is 1. The first-order valence-corrected chi connectivity index (χ1v) is 11.0. The zero-order chi connectivity index (χ0) is 22.5. The number of carbonyl (C=O) groups excluding carboxylic acids is 2. The topological polar surface area (TPSA) is 77.1 Å². The molecule has 2 amide bonds. The Hall–Kier alpha value is -3.22. The Morgan fingerprint density at radius 2 is 1.81 bits per heavy atom. The van der Waals surface area contributed by atoms with Gasteiger partial charge in [-0.2, -0.15) is 0 Å². The maximum atomic E-state index is 13.9. The van der Waals surface area contributed by atoms with Crippen LogP contribution in [0.15, 0.2) is 36.4 Å². The summed E-state index contributed by atoms with van der Waals surface area (Å²) in [7, 11) is 0. The highest BCUT2D eigenvalue weighted by Gasteiger charge is 2.57. The van der Waals surface area contributed by atoms with Crippen LogP contribution in [0.3, 0.4) is 0 Å². The van der Waals surface area contributed by atoms with Crippen molar-refractivity contribution in [2.75, 3.05) is 31.4 Å². The predicted octanol–water partition coefficient (Wildman–Crippen LogP) is 3.38. The molecule has 3 heterocycles. The second-order valence-electron chi connectivity index (χ2n) is 9.81. The van der Waals surface area contributed by atoms with Crippen molar-refractivity contribution in [3.05, 3.63) is 47.5 Å². The fourth-order valence-corrected chi connectivity index (χ4v) is 4.80. The van der Waals surface area contributed by atoms with Crippen LogP contribution in [-0.4, -0.2) is 38.3 Å². The van der Waals surface area contributed by atoms with Crippen molar-refractivity contribution in [1.29, 1.82) is 0 Å². The molecular formula is C25H28N2O5. The molecule has 32 heavy (non-hydrogen) atoms. The molecule has 0 aliphatic carbocycles. The van der Waals surface area contributed by atoms with Crippen molar-refractivity contribution in [1.82, 2.24) is 5.32 Å². The number of ether oxygens (including phenoxy) is 3. The highest BCUT2D eigenvalue weighted by molar-refractivity contribution is 6.11. The van der Waals surface area contributed by atoms with Crippen LogP contribution in [0.25, 0.3) is 0 Å². The minimum Gasteiger partial charge on any atom is -0.491 e. The second kappa shape index (κ2) is 7.43. The molecule has 168 valence electrons. The summed E-state index contributed by atoms with van der Waals surface area (Å²) in [5.41, 5.74) is 1.72. The van der Waals surface area contributed by atoms with Crippen LogP contribution in [-0.2, 0) is 15.0 Å². The number of hydrogen-bond acceptors (Lipinski definition) is 5. The maximum Gasteiger partial charge on any atom is 0.245 e. The maximum absolute atomic E-state index is 13.9. The Kier molecular flexibility index (Phi) is 4.80. The fourth-order valence-electron chi connectivity index (χ4n) is 4.80. The molecule has 3 aliphatic heterocycles. The van der Waals surface area contributed by atoms with E-state index in [1.165, 1.54) is 0 Å². The van der Waals surface area contributed by atoms with Crippen molar-refractivity contribution < 1.29 is 23.8 Å². The van der Waals surface area contributed by atoms with Gasteiger partial charge in [-0.3, -0.25) is 9.59 Å². The Morgan fingerprint density at radius 1 is 1.06 bits per heavy atom. The summed E-state index contributed by atoms with van der Waals surface area (Å²) in [5.74, 6) is 1.98. The molecule has 0 radical (unpaired) electrons. The Bertz CT molecular complexity index is 1090. The summed E-state index contributed by atoms with van der Waals surface area (Å²) in [6, 6.07) is 11.6. The zero-order valence-electron chi connectivity index (χ0n) is 18.7. The van der Waals surface area contributed by atoms with Gasteiger partial charge in [0.1, 0.15) is 17.8 Å². The van der Waals surface area contributed by atoms with Crippen LogP contribution in [0.4, 0.5) is 5.69 Å². The Morgan fingerprint density at radius 3 is 2.59 bits per heavy atom. The SMILES string of the molecule is CC(C)(C)CC(=O)NCCCN1C(=O)C2(COc3cc4c(cc32)OCO4)c2ccccc21. The second-order valence-corrected chi connectivity index (χ2v) is 9.81. The standard InChI is InChI=1S/C25H28N2O5/c1-24(2,3)13-22(28)26-9-6-10-27-18-8-5-4-7-16(18)25(23(27)29)14-30-19-12-21-20(11-17(19)25)31-15-32-21/h4-5,7-8,11-12H,6,9-10,13-15H2,1-3H3,(H,26,28). The minimum absolute atomic E-state index is 0.00247. The van der Waals surface area contributed by atoms with Gasteiger partial charge in [0.2, 0.25) is 18.6 Å². The summed E-state index contributed by atoms with van der Waals surface area (Å²) < 4.78 is 17.0. The highest BCUT2D eigenvalue weighted by Crippen LogP contribution is 2.54. The lowest BCUT2D eigenvalue weighted by molar-refractivity contribution is -0.123. The van der Waals surface area contributed by atoms with E-state index in [1.807, 2.05) is 62.1 Å². The van der Waals surface area contributed by atoms with E-state index in [1.54, 1.807) is 0 Å². The summed E-state index contributed by atoms with van der Waals surface area (Å²) in [4.78, 5) is 27.8. The molecule has 7 heteroatoms. The quantitative estimate of drug-likeness (QED) is 0.727. The van der Waals surface area contributed by atoms with Gasteiger partial charge in [0.05, 0.1) is 0 Å². The van der Waals surface area contributed by atoms with E-state index in [4.69, 9.17) is 14.2 Å². The number of nitrogens with one attached hydrogen (secondary N) is 1. The fraction of sp³-hybridized carbons (Fsp3) is 0.440. The average Bonchev–Trinajstić information content (AvgIpc) is 3.40. The lowest BCUT2D eigenvalue weighted by atomic mass is 9.77. The molecule has 0 saturated heterocycles. The lowest BCUT2D eigenvalue weighted by Gasteiger charge is -2.23. The summed E-state index contributed by atoms with van der Waals surface area (Å²) in [6.07, 6.45) is 1.15. The van der Waals surface area contributed by atoms with Crippen molar-refractivity contribution in [3.63, 3.8) is 0 Å². The third-order valence-electron chi connectivity index (χ3n) is 6.22. The van der Waals surface area contributed by atoms with Gasteiger partial charge in [-0.25, -0.2) is 0 Å². The minimum atomic E-state index is -0.887. The summed E-state index contributed by atoms with van der Waals surface area (Å²) in [5, 5.41) is 2.97. The molecule has 1 spiro atoms. The van der Waals surface area contributed by atoms with Crippen molar-refractivity contribution in [3.8, 4) is 17.2 Å². The predicted molar refractivity (Wildman–Crippen MR) is 119 cm³/mol. The van der Waals surface area contributed by atoms with Crippen LogP contribution in [0, 0.1) is 5.41 Å². The number of amides is 2. The van der Waals surface area contributed by atoms with Crippen LogP contribution >= 0.6 is 0 Å². The number of anilines is 1. The van der Waals surface area contributed by atoms with E-state index in [0.717, 1.165) is 16.8 Å². The molecule has 1 N–H and O–H groups in total. The molecule has 3 aliphatic rings. The number of rotatable bonds is 5. The van der Waals surface area contributed by atoms with Gasteiger partial charge in [0.25, 0.3) is 0 Å². The molecule has 7 nitrogen and oxygen atoms in total. The molecule has 1 unspecified atom stereocenters. The monoisotopic (exact) mass is 436 g/mol. The highest BCUT2D eigenvalue weighted by atomic mass is 16.7. The van der Waals surface area contributed by atoms with Crippen LogP contribution < -0.4 is 24.4 Å². The number of fused-ring (bicyclic) bond motifs is 5. The molecule has 2 aromatic carbocycles. The molecule has 1 atom stereocenters. The van der Waals surface area contributed by atoms with E-state index < -0.39 is 5.41 Å². The number of nitrogens with zero attached hydrogens (tertiary/aromatic N) is 1. The molecule has 0 aromatic heterocycles. The first kappa shape index (κ1) is 20.7. The first-order chi connectivity index (χ1) is 15.3. The van der Waals surface area contributed by atoms with E-state index in [2.05, 4.69) is 5.32 Å². The molecule has 0 bridgehead atoms. The van der Waals surface area contributed by atoms with Gasteiger partial charge in [0, 0.05) is 36.8 Å². The van der Waals surface area contributed by atoms with Crippen molar-refractivity contribution in [2.45, 2.75) is 39.0 Å². The van der Waals surface area contributed by atoms with E-state index >= 15 is 0 Å². The third kappa shape index (κ3) is 3.27. The van der Waals surface area contributed by atoms with E-state index in [9.17, 15) is 9.59 Å². The molecule has 2 aromatic rings. The van der Waals surface area contributed by atoms with Gasteiger partial charge in [-0.15, -0.1) is 0 Å². The third-order valence-corrected chi connectivity index (χ3v) is 6.22. The smallest absolute Gasteiger partial charge is 0.245 e. The Labute approximate surface area is 187 Å². The zero-order valence-corrected chi connectivity index (χ0v) is 18.7. The normalized spacial score (nSPS) is 20.3. The van der Waals surface area contributed by atoms with Crippen LogP contribution in [0.2, 0.25) is 0 Å². The van der Waals surface area contributed by atoms with Gasteiger partial charge < -0.3 is 24.4 Å². The molecule has 0 fully saturated rings. The van der Waals surface area contributed by atoms with Gasteiger partial charge in [0.15, 0.2) is 11.5 Å². The Balaban J connectivity index is 1.37. The van der Waals surface area contributed by atoms with Crippen molar-refractivity contribution in [2.24, 2.45) is 5.41 Å². The lowest BCUT2D eigenvalue weighted by Crippen LogP contribution is -2.43. The van der Waals surface area contributed by atoms with Crippen LogP contribution in [0.5, 0.6) is 17.2 Å². The first-order valence-electron chi connectivity index (χ1n) is 11.0. The molecular weight excluding hydrogens is 408 g/mol. The van der Waals surface area contributed by atoms with E-state index in [-0.39, 0.29) is 30.6 Å². The number of carbonyl (C=O) groups is 2. The molecule has 0 saturated carbocycles. The van der Waals surface area contributed by atoms with Gasteiger partial charge in [-0.1, -0.05) is 39.0 Å². The average molecular weight is 437 g/mol. The van der Waals surface area contributed by atoms with Crippen LogP contribution in [0.1, 0.15) is 44.7 Å². The van der Waals surface area contributed by atoms with E-state index in [0.29, 0.717) is 43.2 Å².